The Bertz CT molecular complexity index is 1190. The lowest BCUT2D eigenvalue weighted by molar-refractivity contribution is -0.153. The molecule has 1 aromatic heterocycles. The first kappa shape index (κ1) is 20.2. The molecule has 1 aliphatic heterocycles. The van der Waals surface area contributed by atoms with Gasteiger partial charge in [-0.15, -0.1) is 0 Å². The zero-order valence-corrected chi connectivity index (χ0v) is 16.4. The molecule has 0 fully saturated rings. The summed E-state index contributed by atoms with van der Waals surface area (Å²) in [5.41, 5.74) is -1.12. The summed E-state index contributed by atoms with van der Waals surface area (Å²) < 4.78 is 33.3. The fraction of sp³-hybridized carbons (Fsp3) is 0.273. The molecule has 8 heteroatoms. The molecule has 0 spiro atoms. The van der Waals surface area contributed by atoms with Gasteiger partial charge in [-0.1, -0.05) is 30.3 Å². The molecule has 0 radical (unpaired) electrons. The highest BCUT2D eigenvalue weighted by Gasteiger charge is 2.39. The minimum absolute atomic E-state index is 0.0183. The lowest BCUT2D eigenvalue weighted by Crippen LogP contribution is -2.47. The molecule has 6 nitrogen and oxygen atoms in total. The summed E-state index contributed by atoms with van der Waals surface area (Å²) in [5.74, 6) is -2.82. The minimum Gasteiger partial charge on any atom is -0.376 e. The van der Waals surface area contributed by atoms with Crippen LogP contribution < -0.4 is 5.56 Å². The Morgan fingerprint density at radius 3 is 2.50 bits per heavy atom. The van der Waals surface area contributed by atoms with E-state index in [0.29, 0.717) is 16.8 Å². The number of carbonyl (C=O) groups is 1. The summed E-state index contributed by atoms with van der Waals surface area (Å²) >= 11 is 0. The standard InChI is InChI=1S/C22H20F2N2O4/c1-22(29,12-6-4-3-5-7-12)21(28)26(2)18-11-30-10-17-19(18)13-8-15(23)16(24)9-14(13)20(27)25-17/h3-9,18,29H,10-11H2,1-2H3,(H,25,27)/t18-,22?/m0/s1. The van der Waals surface area contributed by atoms with Gasteiger partial charge in [0, 0.05) is 18.3 Å². The minimum atomic E-state index is -1.82. The first-order valence-corrected chi connectivity index (χ1v) is 9.38. The number of H-pyrrole nitrogens is 1. The molecular formula is C22H20F2N2O4. The average molecular weight is 414 g/mol. The molecule has 4 rings (SSSR count). The van der Waals surface area contributed by atoms with Crippen LogP contribution in [0, 0.1) is 11.6 Å². The number of rotatable bonds is 3. The normalized spacial score (nSPS) is 18.0. The summed E-state index contributed by atoms with van der Waals surface area (Å²) in [4.78, 5) is 29.5. The molecule has 2 N–H and O–H groups in total. The summed E-state index contributed by atoms with van der Waals surface area (Å²) in [6.45, 7) is 1.53. The molecule has 2 atom stereocenters. The highest BCUT2D eigenvalue weighted by atomic mass is 19.2. The average Bonchev–Trinajstić information content (AvgIpc) is 2.74. The lowest BCUT2D eigenvalue weighted by atomic mass is 9.91. The number of amides is 1. The van der Waals surface area contributed by atoms with Crippen LogP contribution in [0.2, 0.25) is 0 Å². The van der Waals surface area contributed by atoms with Gasteiger partial charge in [-0.05, 0) is 30.0 Å². The van der Waals surface area contributed by atoms with Crippen molar-refractivity contribution in [3.05, 3.63) is 81.3 Å². The van der Waals surface area contributed by atoms with Gasteiger partial charge >= 0.3 is 0 Å². The van der Waals surface area contributed by atoms with E-state index in [9.17, 15) is 23.5 Å². The molecule has 3 aromatic rings. The number of aromatic amines is 1. The van der Waals surface area contributed by atoms with Crippen molar-refractivity contribution in [1.29, 1.82) is 0 Å². The van der Waals surface area contributed by atoms with Crippen LogP contribution in [-0.2, 0) is 21.7 Å². The van der Waals surface area contributed by atoms with E-state index in [1.165, 1.54) is 18.9 Å². The maximum absolute atomic E-state index is 14.0. The number of pyridine rings is 1. The second-order valence-electron chi connectivity index (χ2n) is 7.54. The molecule has 1 aliphatic rings. The van der Waals surface area contributed by atoms with E-state index in [1.807, 2.05) is 0 Å². The number of nitrogens with one attached hydrogen (secondary N) is 1. The summed E-state index contributed by atoms with van der Waals surface area (Å²) in [7, 11) is 1.50. The third-order valence-corrected chi connectivity index (χ3v) is 5.58. The highest BCUT2D eigenvalue weighted by molar-refractivity contribution is 5.89. The number of aromatic nitrogens is 1. The van der Waals surface area contributed by atoms with Crippen LogP contribution >= 0.6 is 0 Å². The van der Waals surface area contributed by atoms with Gasteiger partial charge in [-0.2, -0.15) is 0 Å². The Hall–Kier alpha value is -3.10. The van der Waals surface area contributed by atoms with E-state index in [4.69, 9.17) is 4.74 Å². The Kier molecular flexibility index (Phi) is 4.91. The monoisotopic (exact) mass is 414 g/mol. The van der Waals surface area contributed by atoms with Crippen LogP contribution in [0.3, 0.4) is 0 Å². The molecular weight excluding hydrogens is 394 g/mol. The molecule has 0 aliphatic carbocycles. The molecule has 30 heavy (non-hydrogen) atoms. The first-order chi connectivity index (χ1) is 14.2. The number of carbonyl (C=O) groups excluding carboxylic acids is 1. The number of fused-ring (bicyclic) bond motifs is 3. The number of likely N-dealkylation sites (N-methyl/N-ethyl adjacent to an activating group) is 1. The predicted molar refractivity (Wildman–Crippen MR) is 106 cm³/mol. The number of hydrogen-bond donors (Lipinski definition) is 2. The Morgan fingerprint density at radius 2 is 1.83 bits per heavy atom. The van der Waals surface area contributed by atoms with Gasteiger partial charge < -0.3 is 19.7 Å². The Morgan fingerprint density at radius 1 is 1.20 bits per heavy atom. The van der Waals surface area contributed by atoms with Crippen molar-refractivity contribution in [2.45, 2.75) is 25.2 Å². The second-order valence-corrected chi connectivity index (χ2v) is 7.54. The SMILES string of the molecule is CN(C(=O)C(C)(O)c1ccccc1)[C@H]1COCc2[nH]c(=O)c3cc(F)c(F)cc3c21. The molecule has 1 amide bonds. The van der Waals surface area contributed by atoms with Gasteiger partial charge in [0.05, 0.1) is 24.6 Å². The fourth-order valence-electron chi connectivity index (χ4n) is 3.92. The van der Waals surface area contributed by atoms with Crippen molar-refractivity contribution in [3.8, 4) is 0 Å². The highest BCUT2D eigenvalue weighted by Crippen LogP contribution is 2.35. The van der Waals surface area contributed by atoms with Gasteiger partial charge in [0.25, 0.3) is 11.5 Å². The van der Waals surface area contributed by atoms with E-state index < -0.39 is 34.7 Å². The Balaban J connectivity index is 1.83. The van der Waals surface area contributed by atoms with Gasteiger partial charge in [0.1, 0.15) is 0 Å². The van der Waals surface area contributed by atoms with Gasteiger partial charge in [-0.25, -0.2) is 8.78 Å². The maximum Gasteiger partial charge on any atom is 0.259 e. The molecule has 1 unspecified atom stereocenters. The number of halogens is 2. The Labute approximate surface area is 170 Å². The van der Waals surface area contributed by atoms with E-state index in [1.54, 1.807) is 30.3 Å². The number of aliphatic hydroxyl groups is 1. The van der Waals surface area contributed by atoms with Crippen molar-refractivity contribution in [1.82, 2.24) is 9.88 Å². The zero-order chi connectivity index (χ0) is 21.6. The molecule has 156 valence electrons. The molecule has 0 saturated carbocycles. The largest absolute Gasteiger partial charge is 0.376 e. The maximum atomic E-state index is 14.0. The number of ether oxygens (including phenoxy) is 1. The van der Waals surface area contributed by atoms with Crippen molar-refractivity contribution < 1.29 is 23.4 Å². The second kappa shape index (κ2) is 7.30. The van der Waals surface area contributed by atoms with Gasteiger partial charge in [0.15, 0.2) is 17.2 Å². The van der Waals surface area contributed by atoms with Crippen LogP contribution in [0.1, 0.15) is 29.8 Å². The molecule has 0 saturated heterocycles. The molecule has 2 heterocycles. The van der Waals surface area contributed by atoms with Crippen LogP contribution in [-0.4, -0.2) is 34.6 Å². The first-order valence-electron chi connectivity index (χ1n) is 9.38. The quantitative estimate of drug-likeness (QED) is 0.691. The third kappa shape index (κ3) is 3.18. The van der Waals surface area contributed by atoms with E-state index in [2.05, 4.69) is 4.98 Å². The topological polar surface area (TPSA) is 82.6 Å². The molecule has 2 aromatic carbocycles. The van der Waals surface area contributed by atoms with Crippen LogP contribution in [0.4, 0.5) is 8.78 Å². The van der Waals surface area contributed by atoms with Crippen molar-refractivity contribution in [2.75, 3.05) is 13.7 Å². The van der Waals surface area contributed by atoms with E-state index in [-0.39, 0.29) is 24.0 Å². The van der Waals surface area contributed by atoms with Crippen molar-refractivity contribution in [2.24, 2.45) is 0 Å². The fourth-order valence-corrected chi connectivity index (χ4v) is 3.92. The van der Waals surface area contributed by atoms with E-state index >= 15 is 0 Å². The van der Waals surface area contributed by atoms with Crippen molar-refractivity contribution in [3.63, 3.8) is 0 Å². The lowest BCUT2D eigenvalue weighted by Gasteiger charge is -2.37. The van der Waals surface area contributed by atoms with Gasteiger partial charge in [-0.3, -0.25) is 9.59 Å². The number of nitrogens with zero attached hydrogens (tertiary/aromatic N) is 1. The number of benzene rings is 2. The predicted octanol–water partition coefficient (Wildman–Crippen LogP) is 2.74. The van der Waals surface area contributed by atoms with E-state index in [0.717, 1.165) is 12.1 Å². The zero-order valence-electron chi connectivity index (χ0n) is 16.4. The van der Waals surface area contributed by atoms with Crippen molar-refractivity contribution >= 4 is 16.7 Å². The van der Waals surface area contributed by atoms with Crippen LogP contribution in [0.5, 0.6) is 0 Å². The number of hydrogen-bond acceptors (Lipinski definition) is 4. The van der Waals surface area contributed by atoms with Crippen LogP contribution in [0.15, 0.2) is 47.3 Å². The summed E-state index contributed by atoms with van der Waals surface area (Å²) in [5, 5.41) is 11.1. The summed E-state index contributed by atoms with van der Waals surface area (Å²) in [6, 6.07) is 9.57. The van der Waals surface area contributed by atoms with Crippen LogP contribution in [0.25, 0.3) is 10.8 Å². The van der Waals surface area contributed by atoms with Gasteiger partial charge in [0.2, 0.25) is 0 Å². The summed E-state index contributed by atoms with van der Waals surface area (Å²) in [6.07, 6.45) is 0. The third-order valence-electron chi connectivity index (χ3n) is 5.58. The molecule has 0 bridgehead atoms. The smallest absolute Gasteiger partial charge is 0.259 e.